The van der Waals surface area contributed by atoms with Crippen molar-refractivity contribution >= 4 is 5.96 Å². The zero-order valence-electron chi connectivity index (χ0n) is 15.2. The van der Waals surface area contributed by atoms with Crippen LogP contribution >= 0.6 is 0 Å². The fraction of sp³-hybridized carbons (Fsp3) is 0.944. The average molecular weight is 339 g/mol. The summed E-state index contributed by atoms with van der Waals surface area (Å²) in [6.45, 7) is 7.48. The molecule has 0 aromatic heterocycles. The van der Waals surface area contributed by atoms with Gasteiger partial charge in [-0.05, 0) is 18.3 Å². The third-order valence-corrected chi connectivity index (χ3v) is 5.70. The van der Waals surface area contributed by atoms with E-state index in [0.29, 0.717) is 45.0 Å². The molecule has 138 valence electrons. The molecule has 0 amide bonds. The maximum absolute atomic E-state index is 6.15. The van der Waals surface area contributed by atoms with Crippen LogP contribution in [-0.4, -0.2) is 50.8 Å². The number of hydrogen-bond donors (Lipinski definition) is 2. The summed E-state index contributed by atoms with van der Waals surface area (Å²) in [6, 6.07) is 0.474. The first-order valence-corrected chi connectivity index (χ1v) is 9.44. The van der Waals surface area contributed by atoms with Gasteiger partial charge in [-0.25, -0.2) is 0 Å². The fourth-order valence-corrected chi connectivity index (χ4v) is 4.20. The molecule has 2 saturated heterocycles. The summed E-state index contributed by atoms with van der Waals surface area (Å²) in [4.78, 5) is 4.64. The lowest BCUT2D eigenvalue weighted by molar-refractivity contribution is -0.196. The molecular formula is C18H33N3O3. The molecule has 2 aliphatic heterocycles. The molecule has 6 nitrogen and oxygen atoms in total. The second kappa shape index (κ2) is 7.58. The lowest BCUT2D eigenvalue weighted by Crippen LogP contribution is -2.47. The summed E-state index contributed by atoms with van der Waals surface area (Å²) in [7, 11) is 0. The van der Waals surface area contributed by atoms with Gasteiger partial charge >= 0.3 is 0 Å². The Kier molecular flexibility index (Phi) is 5.67. The number of aliphatic imine (C=N–C) groups is 1. The first-order valence-electron chi connectivity index (χ1n) is 9.44. The molecule has 3 fully saturated rings. The molecule has 24 heavy (non-hydrogen) atoms. The zero-order valence-corrected chi connectivity index (χ0v) is 15.2. The SMILES string of the molecule is CC(C)(CN=C(N)NC1CCCCCC1)C1COCC12OCCO2. The van der Waals surface area contributed by atoms with E-state index in [-0.39, 0.29) is 11.3 Å². The zero-order chi connectivity index (χ0) is 17.0. The highest BCUT2D eigenvalue weighted by atomic mass is 16.8. The molecule has 1 unspecified atom stereocenters. The molecule has 0 aromatic carbocycles. The third-order valence-electron chi connectivity index (χ3n) is 5.70. The number of nitrogens with zero attached hydrogens (tertiary/aromatic N) is 1. The van der Waals surface area contributed by atoms with Crippen molar-refractivity contribution in [2.45, 2.75) is 64.2 Å². The van der Waals surface area contributed by atoms with Crippen LogP contribution in [0, 0.1) is 11.3 Å². The molecule has 1 saturated carbocycles. The largest absolute Gasteiger partial charge is 0.375 e. The normalized spacial score (nSPS) is 29.1. The van der Waals surface area contributed by atoms with Crippen molar-refractivity contribution in [1.82, 2.24) is 5.32 Å². The average Bonchev–Trinajstić information content (AvgIpc) is 3.12. The number of hydrogen-bond acceptors (Lipinski definition) is 4. The van der Waals surface area contributed by atoms with Crippen molar-refractivity contribution in [2.75, 3.05) is 33.0 Å². The Morgan fingerprint density at radius 1 is 1.17 bits per heavy atom. The van der Waals surface area contributed by atoms with Gasteiger partial charge in [-0.3, -0.25) is 4.99 Å². The van der Waals surface area contributed by atoms with E-state index in [1.807, 2.05) is 0 Å². The highest BCUT2D eigenvalue weighted by Gasteiger charge is 2.55. The smallest absolute Gasteiger partial charge is 0.197 e. The lowest BCUT2D eigenvalue weighted by Gasteiger charge is -2.38. The van der Waals surface area contributed by atoms with Crippen LogP contribution < -0.4 is 11.1 Å². The predicted molar refractivity (Wildman–Crippen MR) is 93.8 cm³/mol. The monoisotopic (exact) mass is 339 g/mol. The van der Waals surface area contributed by atoms with Crippen LogP contribution in [0.3, 0.4) is 0 Å². The van der Waals surface area contributed by atoms with Gasteiger partial charge in [-0.2, -0.15) is 0 Å². The molecule has 0 radical (unpaired) electrons. The van der Waals surface area contributed by atoms with Gasteiger partial charge in [0.05, 0.1) is 19.8 Å². The van der Waals surface area contributed by atoms with Crippen LogP contribution in [0.25, 0.3) is 0 Å². The number of nitrogens with two attached hydrogens (primary N) is 1. The van der Waals surface area contributed by atoms with Gasteiger partial charge in [0.1, 0.15) is 6.61 Å². The molecule has 3 rings (SSSR count). The van der Waals surface area contributed by atoms with Crippen LogP contribution in [0.2, 0.25) is 0 Å². The molecule has 0 bridgehead atoms. The molecule has 3 aliphatic rings. The van der Waals surface area contributed by atoms with Crippen molar-refractivity contribution in [3.05, 3.63) is 0 Å². The van der Waals surface area contributed by atoms with E-state index in [0.717, 1.165) is 0 Å². The Morgan fingerprint density at radius 3 is 2.50 bits per heavy atom. The summed E-state index contributed by atoms with van der Waals surface area (Å²) >= 11 is 0. The minimum absolute atomic E-state index is 0.101. The lowest BCUT2D eigenvalue weighted by atomic mass is 9.75. The van der Waals surface area contributed by atoms with E-state index in [9.17, 15) is 0 Å². The molecule has 1 spiro atoms. The van der Waals surface area contributed by atoms with E-state index in [2.05, 4.69) is 24.2 Å². The van der Waals surface area contributed by atoms with Crippen LogP contribution in [0.1, 0.15) is 52.4 Å². The molecule has 0 aromatic rings. The quantitative estimate of drug-likeness (QED) is 0.465. The Morgan fingerprint density at radius 2 is 1.83 bits per heavy atom. The molecule has 2 heterocycles. The van der Waals surface area contributed by atoms with Crippen LogP contribution in [0.5, 0.6) is 0 Å². The van der Waals surface area contributed by atoms with Gasteiger partial charge < -0.3 is 25.3 Å². The fourth-order valence-electron chi connectivity index (χ4n) is 4.20. The molecule has 3 N–H and O–H groups in total. The van der Waals surface area contributed by atoms with E-state index in [1.165, 1.54) is 38.5 Å². The van der Waals surface area contributed by atoms with Crippen LogP contribution in [-0.2, 0) is 14.2 Å². The predicted octanol–water partition coefficient (Wildman–Crippen LogP) is 2.03. The molecular weight excluding hydrogens is 306 g/mol. The Bertz CT molecular complexity index is 433. The standard InChI is InChI=1S/C18H33N3O3/c1-17(2,15-11-22-13-18(15)23-9-10-24-18)12-20-16(19)21-14-7-5-3-4-6-8-14/h14-15H,3-13H2,1-2H3,(H3,19,20,21). The maximum Gasteiger partial charge on any atom is 0.197 e. The summed E-state index contributed by atoms with van der Waals surface area (Å²) in [6.07, 6.45) is 7.64. The van der Waals surface area contributed by atoms with Crippen molar-refractivity contribution < 1.29 is 14.2 Å². The number of ether oxygens (including phenoxy) is 3. The second-order valence-electron chi connectivity index (χ2n) is 8.10. The van der Waals surface area contributed by atoms with Gasteiger partial charge in [-0.1, -0.05) is 39.5 Å². The van der Waals surface area contributed by atoms with Crippen molar-refractivity contribution in [2.24, 2.45) is 22.1 Å². The van der Waals surface area contributed by atoms with Gasteiger partial charge in [0, 0.05) is 18.5 Å². The highest BCUT2D eigenvalue weighted by molar-refractivity contribution is 5.78. The Labute approximate surface area is 145 Å². The van der Waals surface area contributed by atoms with E-state index in [4.69, 9.17) is 19.9 Å². The first kappa shape index (κ1) is 18.0. The summed E-state index contributed by atoms with van der Waals surface area (Å²) in [5, 5.41) is 3.42. The first-order chi connectivity index (χ1) is 11.5. The number of nitrogens with one attached hydrogen (secondary N) is 1. The Balaban J connectivity index is 1.57. The van der Waals surface area contributed by atoms with E-state index >= 15 is 0 Å². The Hall–Kier alpha value is -0.850. The van der Waals surface area contributed by atoms with Gasteiger partial charge in [-0.15, -0.1) is 0 Å². The van der Waals surface area contributed by atoms with Crippen molar-refractivity contribution in [3.63, 3.8) is 0 Å². The van der Waals surface area contributed by atoms with E-state index < -0.39 is 5.79 Å². The number of rotatable bonds is 4. The highest BCUT2D eigenvalue weighted by Crippen LogP contribution is 2.44. The summed E-state index contributed by atoms with van der Waals surface area (Å²) < 4.78 is 17.5. The summed E-state index contributed by atoms with van der Waals surface area (Å²) in [5.41, 5.74) is 6.05. The second-order valence-corrected chi connectivity index (χ2v) is 8.10. The van der Waals surface area contributed by atoms with E-state index in [1.54, 1.807) is 0 Å². The van der Waals surface area contributed by atoms with Crippen molar-refractivity contribution in [1.29, 1.82) is 0 Å². The van der Waals surface area contributed by atoms with Crippen LogP contribution in [0.4, 0.5) is 0 Å². The molecule has 1 atom stereocenters. The maximum atomic E-state index is 6.15. The minimum Gasteiger partial charge on any atom is -0.375 e. The van der Waals surface area contributed by atoms with Gasteiger partial charge in [0.2, 0.25) is 0 Å². The van der Waals surface area contributed by atoms with Crippen LogP contribution in [0.15, 0.2) is 4.99 Å². The molecule has 6 heteroatoms. The third kappa shape index (κ3) is 4.03. The van der Waals surface area contributed by atoms with Gasteiger partial charge in [0.15, 0.2) is 11.7 Å². The minimum atomic E-state index is -0.581. The van der Waals surface area contributed by atoms with Gasteiger partial charge in [0.25, 0.3) is 0 Å². The molecule has 1 aliphatic carbocycles. The summed E-state index contributed by atoms with van der Waals surface area (Å²) in [5.74, 6) is 0.154. The number of guanidine groups is 1. The topological polar surface area (TPSA) is 78.1 Å². The van der Waals surface area contributed by atoms with Crippen molar-refractivity contribution in [3.8, 4) is 0 Å².